The van der Waals surface area contributed by atoms with Crippen LogP contribution in [0.25, 0.3) is 0 Å². The van der Waals surface area contributed by atoms with Gasteiger partial charge in [-0.15, -0.1) is 0 Å². The molecule has 1 fully saturated rings. The average molecular weight is 214 g/mol. The number of amides is 2. The first kappa shape index (κ1) is 9.35. The fourth-order valence-corrected chi connectivity index (χ4v) is 1.90. The summed E-state index contributed by atoms with van der Waals surface area (Å²) in [6.07, 6.45) is 0.517. The number of carbonyl (C=O) groups excluding carboxylic acids is 1. The second-order valence-electron chi connectivity index (χ2n) is 3.14. The maximum atomic E-state index is 11.7. The van der Waals surface area contributed by atoms with Crippen LogP contribution in [0.2, 0.25) is 0 Å². The molecule has 1 N–H and O–H groups in total. The Kier molecular flexibility index (Phi) is 2.12. The van der Waals surface area contributed by atoms with Crippen LogP contribution in [-0.2, 0) is 0 Å². The Hall–Kier alpha value is -1.21. The third-order valence-corrected chi connectivity index (χ3v) is 3.04. The molecule has 1 aliphatic rings. The molecule has 0 bridgehead atoms. The van der Waals surface area contributed by atoms with Crippen molar-refractivity contribution in [2.24, 2.45) is 0 Å². The lowest BCUT2D eigenvalue weighted by atomic mass is 10.3. The molecular weight excluding hydrogens is 204 g/mol. The summed E-state index contributed by atoms with van der Waals surface area (Å²) >= 11 is 1.09. The largest absolute Gasteiger partial charge is 0.371 e. The Morgan fingerprint density at radius 3 is 2.79 bits per heavy atom. The number of carbonyl (C=O) groups is 1. The summed E-state index contributed by atoms with van der Waals surface area (Å²) in [4.78, 5) is 18.3. The average Bonchev–Trinajstić information content (AvgIpc) is 2.73. The molecule has 1 aliphatic heterocycles. The van der Waals surface area contributed by atoms with Crippen LogP contribution in [0.5, 0.6) is 0 Å². The Morgan fingerprint density at radius 1 is 1.64 bits per heavy atom. The lowest BCUT2D eigenvalue weighted by Crippen LogP contribution is -2.35. The number of likely N-dealkylation sites (N-methyl/N-ethyl adjacent to an activating group) is 1. The van der Waals surface area contributed by atoms with Gasteiger partial charge in [0, 0.05) is 18.6 Å². The van der Waals surface area contributed by atoms with Crippen molar-refractivity contribution in [2.45, 2.75) is 19.2 Å². The monoisotopic (exact) mass is 214 g/mol. The third kappa shape index (κ3) is 1.17. The minimum atomic E-state index is -0.847. The van der Waals surface area contributed by atoms with Crippen LogP contribution in [0.15, 0.2) is 6.33 Å². The number of aromatic nitrogens is 2. The van der Waals surface area contributed by atoms with Gasteiger partial charge in [-0.1, -0.05) is 0 Å². The van der Waals surface area contributed by atoms with E-state index in [1.54, 1.807) is 14.0 Å². The fourth-order valence-electron chi connectivity index (χ4n) is 1.34. The van der Waals surface area contributed by atoms with E-state index in [1.807, 2.05) is 0 Å². The minimum Gasteiger partial charge on any atom is -0.371 e. The van der Waals surface area contributed by atoms with Crippen molar-refractivity contribution in [2.75, 3.05) is 11.9 Å². The summed E-state index contributed by atoms with van der Waals surface area (Å²) in [5.74, 6) is 0. The maximum absolute atomic E-state index is 11.7. The minimum absolute atomic E-state index is 0.230. The SMILES string of the molecule is CC1C(O)N(c2ncns2)C(=O)N1C. The standard InChI is InChI=1S/C7H10N4O2S/c1-4-5(12)11(7(13)10(4)2)6-8-3-9-14-6/h3-5,12H,1-2H3. The first-order chi connectivity index (χ1) is 6.63. The number of anilines is 1. The summed E-state index contributed by atoms with van der Waals surface area (Å²) in [6.45, 7) is 1.78. The number of rotatable bonds is 1. The molecule has 2 heterocycles. The fraction of sp³-hybridized carbons (Fsp3) is 0.571. The van der Waals surface area contributed by atoms with E-state index in [4.69, 9.17) is 0 Å². The van der Waals surface area contributed by atoms with Crippen LogP contribution in [-0.4, -0.2) is 44.7 Å². The first-order valence-electron chi connectivity index (χ1n) is 4.13. The number of nitrogens with zero attached hydrogens (tertiary/aromatic N) is 4. The Balaban J connectivity index is 2.33. The summed E-state index contributed by atoms with van der Waals surface area (Å²) in [7, 11) is 1.65. The Bertz CT molecular complexity index is 341. The normalized spacial score (nSPS) is 27.5. The molecule has 0 spiro atoms. The van der Waals surface area contributed by atoms with E-state index >= 15 is 0 Å². The van der Waals surface area contributed by atoms with E-state index in [0.29, 0.717) is 5.13 Å². The van der Waals surface area contributed by atoms with Gasteiger partial charge in [0.05, 0.1) is 6.04 Å². The predicted octanol–water partition coefficient (Wildman–Crippen LogP) is 0.117. The molecule has 0 radical (unpaired) electrons. The van der Waals surface area contributed by atoms with Crippen molar-refractivity contribution in [3.05, 3.63) is 6.33 Å². The zero-order chi connectivity index (χ0) is 10.3. The molecule has 1 aromatic rings. The molecule has 6 nitrogen and oxygen atoms in total. The van der Waals surface area contributed by atoms with Gasteiger partial charge in [0.2, 0.25) is 5.13 Å². The summed E-state index contributed by atoms with van der Waals surface area (Å²) in [5.41, 5.74) is 0. The predicted molar refractivity (Wildman–Crippen MR) is 51.0 cm³/mol. The third-order valence-electron chi connectivity index (χ3n) is 2.37. The zero-order valence-electron chi connectivity index (χ0n) is 7.78. The Labute approximate surface area is 84.9 Å². The topological polar surface area (TPSA) is 69.6 Å². The number of aliphatic hydroxyl groups excluding tert-OH is 1. The summed E-state index contributed by atoms with van der Waals surface area (Å²) in [6, 6.07) is -0.479. The van der Waals surface area contributed by atoms with Gasteiger partial charge < -0.3 is 10.0 Å². The van der Waals surface area contributed by atoms with Gasteiger partial charge in [-0.3, -0.25) is 0 Å². The van der Waals surface area contributed by atoms with Crippen molar-refractivity contribution in [1.29, 1.82) is 0 Å². The molecule has 2 atom stereocenters. The number of hydrogen-bond donors (Lipinski definition) is 1. The van der Waals surface area contributed by atoms with E-state index in [9.17, 15) is 9.90 Å². The second-order valence-corrected chi connectivity index (χ2v) is 3.90. The first-order valence-corrected chi connectivity index (χ1v) is 4.91. The van der Waals surface area contributed by atoms with Crippen LogP contribution in [0.1, 0.15) is 6.92 Å². The van der Waals surface area contributed by atoms with E-state index in [0.717, 1.165) is 11.5 Å². The number of hydrogen-bond acceptors (Lipinski definition) is 5. The molecule has 2 rings (SSSR count). The highest BCUT2D eigenvalue weighted by Gasteiger charge is 2.42. The van der Waals surface area contributed by atoms with Crippen molar-refractivity contribution in [3.63, 3.8) is 0 Å². The van der Waals surface area contributed by atoms with Crippen molar-refractivity contribution < 1.29 is 9.90 Å². The summed E-state index contributed by atoms with van der Waals surface area (Å²) in [5, 5.41) is 10.2. The van der Waals surface area contributed by atoms with E-state index in [2.05, 4.69) is 9.36 Å². The van der Waals surface area contributed by atoms with Crippen LogP contribution in [0.3, 0.4) is 0 Å². The lowest BCUT2D eigenvalue weighted by Gasteiger charge is -2.15. The van der Waals surface area contributed by atoms with Crippen LogP contribution in [0, 0.1) is 0 Å². The van der Waals surface area contributed by atoms with Crippen molar-refractivity contribution in [3.8, 4) is 0 Å². The van der Waals surface area contributed by atoms with Gasteiger partial charge in [-0.25, -0.2) is 14.7 Å². The molecule has 2 amide bonds. The lowest BCUT2D eigenvalue weighted by molar-refractivity contribution is 0.138. The summed E-state index contributed by atoms with van der Waals surface area (Å²) < 4.78 is 3.79. The highest BCUT2D eigenvalue weighted by molar-refractivity contribution is 7.09. The highest BCUT2D eigenvalue weighted by atomic mass is 32.1. The molecule has 2 unspecified atom stereocenters. The number of urea groups is 1. The zero-order valence-corrected chi connectivity index (χ0v) is 8.60. The van der Waals surface area contributed by atoms with Gasteiger partial charge >= 0.3 is 6.03 Å². The van der Waals surface area contributed by atoms with Crippen molar-refractivity contribution in [1.82, 2.24) is 14.3 Å². The molecular formula is C7H10N4O2S. The molecule has 14 heavy (non-hydrogen) atoms. The smallest absolute Gasteiger partial charge is 0.328 e. The van der Waals surface area contributed by atoms with Gasteiger partial charge in [0.1, 0.15) is 6.33 Å². The Morgan fingerprint density at radius 2 is 2.36 bits per heavy atom. The maximum Gasteiger partial charge on any atom is 0.328 e. The van der Waals surface area contributed by atoms with Gasteiger partial charge in [-0.05, 0) is 6.92 Å². The molecule has 1 saturated heterocycles. The van der Waals surface area contributed by atoms with Gasteiger partial charge in [0.15, 0.2) is 6.23 Å². The van der Waals surface area contributed by atoms with Crippen molar-refractivity contribution >= 4 is 22.7 Å². The van der Waals surface area contributed by atoms with Gasteiger partial charge in [-0.2, -0.15) is 4.37 Å². The van der Waals surface area contributed by atoms with E-state index in [-0.39, 0.29) is 12.1 Å². The van der Waals surface area contributed by atoms with Crippen LogP contribution < -0.4 is 4.90 Å². The number of aliphatic hydroxyl groups is 1. The quantitative estimate of drug-likeness (QED) is 0.720. The highest BCUT2D eigenvalue weighted by Crippen LogP contribution is 2.26. The van der Waals surface area contributed by atoms with E-state index in [1.165, 1.54) is 16.1 Å². The molecule has 7 heteroatoms. The van der Waals surface area contributed by atoms with E-state index < -0.39 is 6.23 Å². The molecule has 76 valence electrons. The van der Waals surface area contributed by atoms with Gasteiger partial charge in [0.25, 0.3) is 0 Å². The molecule has 1 aromatic heterocycles. The molecule has 0 aromatic carbocycles. The molecule has 0 aliphatic carbocycles. The second kappa shape index (κ2) is 3.18. The molecule has 0 saturated carbocycles. The van der Waals surface area contributed by atoms with Crippen LogP contribution >= 0.6 is 11.5 Å². The van der Waals surface area contributed by atoms with Crippen LogP contribution in [0.4, 0.5) is 9.93 Å².